The van der Waals surface area contributed by atoms with Gasteiger partial charge in [-0.3, -0.25) is 0 Å². The van der Waals surface area contributed by atoms with Crippen molar-refractivity contribution in [3.8, 4) is 0 Å². The van der Waals surface area contributed by atoms with Crippen LogP contribution in [0.2, 0.25) is 0 Å². The Morgan fingerprint density at radius 1 is 1.13 bits per heavy atom. The minimum absolute atomic E-state index is 0. The van der Waals surface area contributed by atoms with E-state index in [0.717, 1.165) is 12.5 Å². The van der Waals surface area contributed by atoms with Crippen LogP contribution in [0, 0.1) is 6.92 Å². The van der Waals surface area contributed by atoms with E-state index in [-0.39, 0.29) is 68.9 Å². The summed E-state index contributed by atoms with van der Waals surface area (Å²) in [5.74, 6) is 0.777. The molecule has 0 aromatic heterocycles. The Bertz CT molecular complexity index is 265. The molecule has 1 fully saturated rings. The van der Waals surface area contributed by atoms with Crippen molar-refractivity contribution in [2.45, 2.75) is 18.8 Å². The second-order valence-corrected chi connectivity index (χ2v) is 4.03. The van der Waals surface area contributed by atoms with Gasteiger partial charge in [0.15, 0.2) is 0 Å². The largest absolute Gasteiger partial charge is 1.00 e. The number of likely N-dealkylation sites (tertiary alicyclic amines) is 1. The molecule has 0 atom stereocenters. The molecule has 2 heteroatoms. The molecule has 1 aliphatic heterocycles. The molecule has 1 saturated heterocycles. The summed E-state index contributed by atoms with van der Waals surface area (Å²) < 4.78 is 0. The summed E-state index contributed by atoms with van der Waals surface area (Å²) in [6, 6.07) is 10.9. The molecule has 76 valence electrons. The Kier molecular flexibility index (Phi) is 7.18. The Morgan fingerprint density at radius 3 is 2.27 bits per heavy atom. The molecule has 0 amide bonds. The summed E-state index contributed by atoms with van der Waals surface area (Å²) in [6.07, 6.45) is 2.58. The summed E-state index contributed by atoms with van der Waals surface area (Å²) in [5, 5.41) is 0. The van der Waals surface area contributed by atoms with Gasteiger partial charge in [-0.1, -0.05) is 30.3 Å². The first-order chi connectivity index (χ1) is 6.90. The molecule has 0 aliphatic carbocycles. The van der Waals surface area contributed by atoms with E-state index < -0.39 is 0 Å². The average Bonchev–Trinajstić information content (AvgIpc) is 2.30. The van der Waals surface area contributed by atoms with Crippen molar-refractivity contribution in [2.75, 3.05) is 19.6 Å². The molecule has 0 saturated carbocycles. The molecular weight excluding hydrogens is 303 g/mol. The molecule has 1 aromatic carbocycles. The SMILES string of the molecule is [CH2-]CN1CCC(c2ccccc2)CC1.[Cs+]. The third-order valence-corrected chi connectivity index (χ3v) is 3.17. The van der Waals surface area contributed by atoms with E-state index in [9.17, 15) is 0 Å². The minimum Gasteiger partial charge on any atom is -0.333 e. The second-order valence-electron chi connectivity index (χ2n) is 4.03. The Balaban J connectivity index is 0.00000112. The molecule has 0 radical (unpaired) electrons. The van der Waals surface area contributed by atoms with Crippen LogP contribution in [0.1, 0.15) is 24.3 Å². The zero-order valence-electron chi connectivity index (χ0n) is 9.65. The van der Waals surface area contributed by atoms with E-state index >= 15 is 0 Å². The standard InChI is InChI=1S/C13H18N.Cs/c1-2-14-10-8-13(9-11-14)12-6-4-3-5-7-12;/h3-7,13H,1-2,8-11H2;/q-1;+1. The molecule has 1 aromatic rings. The van der Waals surface area contributed by atoms with Gasteiger partial charge in [0.05, 0.1) is 0 Å². The summed E-state index contributed by atoms with van der Waals surface area (Å²) in [4.78, 5) is 2.43. The number of rotatable bonds is 2. The molecule has 1 nitrogen and oxygen atoms in total. The Hall–Kier alpha value is 1.23. The van der Waals surface area contributed by atoms with E-state index in [0.29, 0.717) is 0 Å². The molecule has 0 spiro atoms. The molecule has 1 aliphatic rings. The van der Waals surface area contributed by atoms with Gasteiger partial charge in [0.25, 0.3) is 0 Å². The zero-order chi connectivity index (χ0) is 9.80. The third-order valence-electron chi connectivity index (χ3n) is 3.17. The summed E-state index contributed by atoms with van der Waals surface area (Å²) in [6.45, 7) is 7.32. The number of hydrogen-bond acceptors (Lipinski definition) is 1. The van der Waals surface area contributed by atoms with E-state index in [1.807, 2.05) is 0 Å². The predicted molar refractivity (Wildman–Crippen MR) is 60.2 cm³/mol. The summed E-state index contributed by atoms with van der Waals surface area (Å²) in [5.41, 5.74) is 1.51. The summed E-state index contributed by atoms with van der Waals surface area (Å²) in [7, 11) is 0. The van der Waals surface area contributed by atoms with Crippen LogP contribution in [0.15, 0.2) is 30.3 Å². The van der Waals surface area contributed by atoms with Gasteiger partial charge in [0.2, 0.25) is 0 Å². The van der Waals surface area contributed by atoms with Crippen LogP contribution in [0.4, 0.5) is 0 Å². The van der Waals surface area contributed by atoms with E-state index in [1.54, 1.807) is 0 Å². The maximum Gasteiger partial charge on any atom is 1.00 e. The predicted octanol–water partition coefficient (Wildman–Crippen LogP) is -0.296. The number of nitrogens with zero attached hydrogens (tertiary/aromatic N) is 1. The first-order valence-corrected chi connectivity index (χ1v) is 5.46. The Morgan fingerprint density at radius 2 is 1.73 bits per heavy atom. The van der Waals surface area contributed by atoms with Gasteiger partial charge in [-0.05, 0) is 37.4 Å². The number of piperidine rings is 1. The third kappa shape index (κ3) is 4.19. The van der Waals surface area contributed by atoms with Crippen molar-refractivity contribution >= 4 is 0 Å². The second kappa shape index (κ2) is 7.54. The van der Waals surface area contributed by atoms with E-state index in [4.69, 9.17) is 0 Å². The monoisotopic (exact) mass is 321 g/mol. The topological polar surface area (TPSA) is 3.24 Å². The zero-order valence-corrected chi connectivity index (χ0v) is 15.9. The van der Waals surface area contributed by atoms with Crippen molar-refractivity contribution in [2.24, 2.45) is 0 Å². The van der Waals surface area contributed by atoms with Crippen LogP contribution in [-0.4, -0.2) is 24.5 Å². The fourth-order valence-electron chi connectivity index (χ4n) is 2.22. The van der Waals surface area contributed by atoms with Crippen LogP contribution in [0.5, 0.6) is 0 Å². The van der Waals surface area contributed by atoms with Crippen LogP contribution in [0.25, 0.3) is 0 Å². The van der Waals surface area contributed by atoms with Crippen LogP contribution in [-0.2, 0) is 0 Å². The minimum atomic E-state index is 0. The van der Waals surface area contributed by atoms with Crippen molar-refractivity contribution < 1.29 is 68.9 Å². The van der Waals surface area contributed by atoms with Gasteiger partial charge in [-0.2, -0.15) is 0 Å². The average molecular weight is 321 g/mol. The first kappa shape index (κ1) is 14.3. The molecule has 1 heterocycles. The van der Waals surface area contributed by atoms with Crippen molar-refractivity contribution in [3.63, 3.8) is 0 Å². The maximum atomic E-state index is 3.93. The van der Waals surface area contributed by atoms with Gasteiger partial charge >= 0.3 is 68.9 Å². The van der Waals surface area contributed by atoms with Crippen molar-refractivity contribution in [1.29, 1.82) is 0 Å². The fraction of sp³-hybridized carbons (Fsp3) is 0.462. The van der Waals surface area contributed by atoms with E-state index in [2.05, 4.69) is 42.2 Å². The van der Waals surface area contributed by atoms with Gasteiger partial charge in [0, 0.05) is 0 Å². The quantitative estimate of drug-likeness (QED) is 0.677. The van der Waals surface area contributed by atoms with Gasteiger partial charge in [-0.15, -0.1) is 6.54 Å². The fourth-order valence-corrected chi connectivity index (χ4v) is 2.22. The van der Waals surface area contributed by atoms with E-state index in [1.165, 1.54) is 31.5 Å². The molecule has 0 bridgehead atoms. The van der Waals surface area contributed by atoms with Crippen molar-refractivity contribution in [3.05, 3.63) is 42.8 Å². The van der Waals surface area contributed by atoms with Crippen molar-refractivity contribution in [1.82, 2.24) is 4.90 Å². The molecule has 0 unspecified atom stereocenters. The molecule has 0 N–H and O–H groups in total. The number of benzene rings is 1. The molecular formula is C13H18CsN. The smallest absolute Gasteiger partial charge is 0.333 e. The van der Waals surface area contributed by atoms with Gasteiger partial charge < -0.3 is 11.8 Å². The first-order valence-electron chi connectivity index (χ1n) is 5.46. The molecule has 15 heavy (non-hydrogen) atoms. The Labute approximate surface area is 152 Å². The van der Waals surface area contributed by atoms with Crippen LogP contribution >= 0.6 is 0 Å². The number of hydrogen-bond donors (Lipinski definition) is 0. The van der Waals surface area contributed by atoms with Gasteiger partial charge in [-0.25, -0.2) is 0 Å². The molecule has 2 rings (SSSR count). The van der Waals surface area contributed by atoms with Gasteiger partial charge in [0.1, 0.15) is 0 Å². The summed E-state index contributed by atoms with van der Waals surface area (Å²) >= 11 is 0. The normalized spacial score (nSPS) is 18.5. The van der Waals surface area contributed by atoms with Crippen LogP contribution < -0.4 is 68.9 Å². The van der Waals surface area contributed by atoms with Crippen LogP contribution in [0.3, 0.4) is 0 Å². The maximum absolute atomic E-state index is 3.93.